The highest BCUT2D eigenvalue weighted by molar-refractivity contribution is 8.03. The lowest BCUT2D eigenvalue weighted by Gasteiger charge is -2.32. The molecule has 10 nitrogen and oxygen atoms in total. The largest absolute Gasteiger partial charge is 0.373 e. The number of rotatable bonds is 18. The molecule has 4 rings (SSSR count). The Balaban J connectivity index is 1.16. The summed E-state index contributed by atoms with van der Waals surface area (Å²) in [5.41, 5.74) is 3.46. The van der Waals surface area contributed by atoms with E-state index in [-0.39, 0.29) is 35.1 Å². The number of hydrogen-bond donors (Lipinski definition) is 3. The summed E-state index contributed by atoms with van der Waals surface area (Å²) >= 11 is 4.09. The van der Waals surface area contributed by atoms with Gasteiger partial charge in [0.05, 0.1) is 40.7 Å². The standard InChI is InChI=1S/C41H66N6O4S2/c1-28(2)37(39(50)42-7)47(8)21-15-10-9-14-18-36(48)43-26-41(5,6)51-27-40(3,4)25-44-38(49)29-19-20-30-31(22-29)46-33-24-53-35-17-13-11-12-16-34(35)52-23-32(33)45-30/h19-20,22,28,34-35,37H,9-18,21,23-27H2,1-8H3,(H,42,50)(H,43,48)(H,44,49). The number of aromatic nitrogens is 2. The first-order chi connectivity index (χ1) is 25.2. The van der Waals surface area contributed by atoms with Crippen molar-refractivity contribution in [3.63, 3.8) is 0 Å². The molecule has 2 aliphatic rings. The minimum atomic E-state index is -0.554. The van der Waals surface area contributed by atoms with E-state index < -0.39 is 5.60 Å². The molecule has 3 atom stereocenters. The number of amides is 3. The molecule has 3 unspecified atom stereocenters. The Bertz CT molecular complexity index is 1520. The normalized spacial score (nSPS) is 18.8. The summed E-state index contributed by atoms with van der Waals surface area (Å²) in [5.74, 6) is 1.98. The van der Waals surface area contributed by atoms with Gasteiger partial charge in [0, 0.05) is 59.5 Å². The van der Waals surface area contributed by atoms with E-state index in [1.54, 1.807) is 7.05 Å². The van der Waals surface area contributed by atoms with Crippen molar-refractivity contribution in [2.24, 2.45) is 11.3 Å². The number of hydrogen-bond acceptors (Lipinski definition) is 9. The maximum atomic E-state index is 13.3. The van der Waals surface area contributed by atoms with Gasteiger partial charge in [-0.15, -0.1) is 0 Å². The topological polar surface area (TPSA) is 126 Å². The predicted molar refractivity (Wildman–Crippen MR) is 220 cm³/mol. The molecule has 12 heteroatoms. The first kappa shape index (κ1) is 43.3. The lowest BCUT2D eigenvalue weighted by atomic mass is 9.94. The molecule has 296 valence electrons. The first-order valence-electron chi connectivity index (χ1n) is 19.8. The Morgan fingerprint density at radius 2 is 1.53 bits per heavy atom. The number of thioether (sulfide) groups is 2. The van der Waals surface area contributed by atoms with Crippen LogP contribution < -0.4 is 16.0 Å². The molecule has 1 aromatic heterocycles. The van der Waals surface area contributed by atoms with Crippen LogP contribution in [0.1, 0.15) is 127 Å². The molecular formula is C41H66N6O4S2. The maximum Gasteiger partial charge on any atom is 0.251 e. The number of nitrogens with zero attached hydrogens (tertiary/aromatic N) is 3. The van der Waals surface area contributed by atoms with E-state index >= 15 is 0 Å². The van der Waals surface area contributed by atoms with Crippen LogP contribution in [0, 0.1) is 11.3 Å². The quantitative estimate of drug-likeness (QED) is 0.136. The van der Waals surface area contributed by atoms with E-state index in [0.717, 1.165) is 66.2 Å². The number of benzene rings is 1. The number of fused-ring (bicyclic) bond motifs is 3. The molecule has 0 saturated heterocycles. The molecule has 1 fully saturated rings. The SMILES string of the molecule is CNC(=O)C(C(C)C)N(C)CCCCCCC(=O)NCC(C)(C)OCC(C)(C)CNC(=O)c1ccc2nc3c(nc2c1)CSC1CCCCCC1SC3. The van der Waals surface area contributed by atoms with Crippen molar-refractivity contribution in [1.82, 2.24) is 30.8 Å². The molecule has 53 heavy (non-hydrogen) atoms. The zero-order valence-corrected chi connectivity index (χ0v) is 35.3. The average Bonchev–Trinajstić information content (AvgIpc) is 3.34. The summed E-state index contributed by atoms with van der Waals surface area (Å²) in [6.07, 6.45) is 10.9. The minimum Gasteiger partial charge on any atom is -0.373 e. The third-order valence-electron chi connectivity index (χ3n) is 10.4. The molecule has 1 aromatic carbocycles. The molecular weight excluding hydrogens is 705 g/mol. The maximum absolute atomic E-state index is 13.3. The number of unbranched alkanes of at least 4 members (excludes halogenated alkanes) is 3. The highest BCUT2D eigenvalue weighted by atomic mass is 32.2. The number of nitrogens with one attached hydrogen (secondary N) is 3. The highest BCUT2D eigenvalue weighted by Gasteiger charge is 2.29. The summed E-state index contributed by atoms with van der Waals surface area (Å²) in [6.45, 7) is 14.4. The van der Waals surface area contributed by atoms with Gasteiger partial charge in [-0.2, -0.15) is 23.5 Å². The third kappa shape index (κ3) is 13.7. The van der Waals surface area contributed by atoms with Gasteiger partial charge in [-0.3, -0.25) is 19.3 Å². The Hall–Kier alpha value is -2.41. The Morgan fingerprint density at radius 1 is 0.887 bits per heavy atom. The van der Waals surface area contributed by atoms with Crippen molar-refractivity contribution in [1.29, 1.82) is 0 Å². The average molecular weight is 771 g/mol. The first-order valence-corrected chi connectivity index (χ1v) is 21.9. The molecule has 1 aliphatic carbocycles. The van der Waals surface area contributed by atoms with E-state index in [9.17, 15) is 14.4 Å². The Labute approximate surface area is 327 Å². The van der Waals surface area contributed by atoms with Crippen LogP contribution in [-0.2, 0) is 25.8 Å². The summed E-state index contributed by atoms with van der Waals surface area (Å²) < 4.78 is 6.27. The fraction of sp³-hybridized carbons (Fsp3) is 0.732. The van der Waals surface area contributed by atoms with Crippen LogP contribution in [0.4, 0.5) is 0 Å². The zero-order chi connectivity index (χ0) is 38.6. The lowest BCUT2D eigenvalue weighted by molar-refractivity contribution is -0.127. The third-order valence-corrected chi connectivity index (χ3v) is 13.5. The fourth-order valence-electron chi connectivity index (χ4n) is 7.11. The molecule has 2 aromatic rings. The molecule has 3 N–H and O–H groups in total. The van der Waals surface area contributed by atoms with Crippen molar-refractivity contribution in [2.45, 2.75) is 139 Å². The second-order valence-corrected chi connectivity index (χ2v) is 19.2. The van der Waals surface area contributed by atoms with Crippen LogP contribution in [0.3, 0.4) is 0 Å². The monoisotopic (exact) mass is 770 g/mol. The van der Waals surface area contributed by atoms with Gasteiger partial charge in [-0.1, -0.05) is 59.8 Å². The van der Waals surface area contributed by atoms with Crippen molar-refractivity contribution < 1.29 is 19.1 Å². The van der Waals surface area contributed by atoms with E-state index in [1.807, 2.05) is 50.9 Å². The second-order valence-electron chi connectivity index (χ2n) is 16.8. The molecule has 2 heterocycles. The molecule has 0 spiro atoms. The van der Waals surface area contributed by atoms with E-state index in [1.165, 1.54) is 32.1 Å². The van der Waals surface area contributed by atoms with E-state index in [0.29, 0.717) is 42.2 Å². The second kappa shape index (κ2) is 20.5. The van der Waals surface area contributed by atoms with Crippen molar-refractivity contribution >= 4 is 52.3 Å². The summed E-state index contributed by atoms with van der Waals surface area (Å²) in [6, 6.07) is 5.51. The summed E-state index contributed by atoms with van der Waals surface area (Å²) in [4.78, 5) is 50.2. The molecule has 1 saturated carbocycles. The Kier molecular flexibility index (Phi) is 16.7. The summed E-state index contributed by atoms with van der Waals surface area (Å²) in [7, 11) is 3.69. The van der Waals surface area contributed by atoms with Crippen LogP contribution in [0.15, 0.2) is 18.2 Å². The number of ether oxygens (including phenoxy) is 1. The van der Waals surface area contributed by atoms with Gasteiger partial charge in [-0.05, 0) is 77.2 Å². The van der Waals surface area contributed by atoms with Gasteiger partial charge < -0.3 is 20.7 Å². The molecule has 3 amide bonds. The van der Waals surface area contributed by atoms with Gasteiger partial charge in [0.1, 0.15) is 0 Å². The van der Waals surface area contributed by atoms with Gasteiger partial charge in [-0.25, -0.2) is 9.97 Å². The van der Waals surface area contributed by atoms with Crippen LogP contribution in [0.2, 0.25) is 0 Å². The van der Waals surface area contributed by atoms with Crippen LogP contribution >= 0.6 is 23.5 Å². The number of likely N-dealkylation sites (N-methyl/N-ethyl adjacent to an activating group) is 2. The minimum absolute atomic E-state index is 0.0300. The lowest BCUT2D eigenvalue weighted by Crippen LogP contribution is -2.47. The smallest absolute Gasteiger partial charge is 0.251 e. The van der Waals surface area contributed by atoms with Crippen LogP contribution in [0.25, 0.3) is 11.0 Å². The van der Waals surface area contributed by atoms with Crippen LogP contribution in [-0.4, -0.2) is 95.1 Å². The molecule has 1 aliphatic heterocycles. The molecule has 0 bridgehead atoms. The van der Waals surface area contributed by atoms with Gasteiger partial charge >= 0.3 is 0 Å². The summed E-state index contributed by atoms with van der Waals surface area (Å²) in [5, 5.41) is 10.3. The zero-order valence-electron chi connectivity index (χ0n) is 33.6. The Morgan fingerprint density at radius 3 is 2.17 bits per heavy atom. The van der Waals surface area contributed by atoms with Crippen LogP contribution in [0.5, 0.6) is 0 Å². The number of carbonyl (C=O) groups is 3. The predicted octanol–water partition coefficient (Wildman–Crippen LogP) is 7.13. The van der Waals surface area contributed by atoms with Gasteiger partial charge in [0.25, 0.3) is 5.91 Å². The number of carbonyl (C=O) groups excluding carboxylic acids is 3. The molecule has 0 radical (unpaired) electrons. The highest BCUT2D eigenvalue weighted by Crippen LogP contribution is 2.40. The van der Waals surface area contributed by atoms with Gasteiger partial charge in [0.2, 0.25) is 11.8 Å². The van der Waals surface area contributed by atoms with Crippen molar-refractivity contribution in [3.05, 3.63) is 35.2 Å². The van der Waals surface area contributed by atoms with Gasteiger partial charge in [0.15, 0.2) is 0 Å². The van der Waals surface area contributed by atoms with E-state index in [4.69, 9.17) is 14.7 Å². The van der Waals surface area contributed by atoms with E-state index in [2.05, 4.69) is 60.3 Å². The fourth-order valence-corrected chi connectivity index (χ4v) is 10.2. The van der Waals surface area contributed by atoms with Crippen molar-refractivity contribution in [2.75, 3.05) is 40.3 Å². The van der Waals surface area contributed by atoms with Crippen molar-refractivity contribution in [3.8, 4) is 0 Å².